The van der Waals surface area contributed by atoms with Crippen molar-refractivity contribution < 1.29 is 14.3 Å². The molecule has 38 heavy (non-hydrogen) atoms. The fourth-order valence-corrected chi connectivity index (χ4v) is 4.22. The van der Waals surface area contributed by atoms with Gasteiger partial charge in [0.1, 0.15) is 11.6 Å². The molecule has 1 aliphatic rings. The van der Waals surface area contributed by atoms with Gasteiger partial charge in [-0.2, -0.15) is 9.97 Å². The van der Waals surface area contributed by atoms with Gasteiger partial charge in [0.25, 0.3) is 0 Å². The van der Waals surface area contributed by atoms with Crippen molar-refractivity contribution in [3.05, 3.63) is 65.9 Å². The number of aryl methyl sites for hydroxylation is 2. The summed E-state index contributed by atoms with van der Waals surface area (Å²) >= 11 is 0. The summed E-state index contributed by atoms with van der Waals surface area (Å²) < 4.78 is 5.44. The van der Waals surface area contributed by atoms with Crippen LogP contribution in [0.5, 0.6) is 5.88 Å². The van der Waals surface area contributed by atoms with E-state index < -0.39 is 0 Å². The Hall–Kier alpha value is -4.47. The van der Waals surface area contributed by atoms with Gasteiger partial charge in [0, 0.05) is 74.8 Å². The van der Waals surface area contributed by atoms with Crippen LogP contribution < -0.4 is 20.3 Å². The van der Waals surface area contributed by atoms with E-state index in [1.165, 1.54) is 6.08 Å². The maximum absolute atomic E-state index is 12.0. The van der Waals surface area contributed by atoms with E-state index in [1.54, 1.807) is 26.3 Å². The Balaban J connectivity index is 1.56. The minimum atomic E-state index is -0.0504. The number of hydrogen-bond donors (Lipinski definition) is 2. The van der Waals surface area contributed by atoms with Gasteiger partial charge in [-0.25, -0.2) is 4.98 Å². The first-order valence-electron chi connectivity index (χ1n) is 12.4. The number of methoxy groups -OCH3 is 1. The number of carbonyl (C=O) groups excluding carboxylic acids is 2. The predicted molar refractivity (Wildman–Crippen MR) is 149 cm³/mol. The molecule has 0 saturated carbocycles. The van der Waals surface area contributed by atoms with E-state index in [0.717, 1.165) is 33.9 Å². The maximum atomic E-state index is 12.0. The second-order valence-corrected chi connectivity index (χ2v) is 9.23. The molecular weight excluding hydrogens is 482 g/mol. The van der Waals surface area contributed by atoms with Crippen LogP contribution in [0.2, 0.25) is 0 Å². The highest BCUT2D eigenvalue weighted by atomic mass is 16.5. The Morgan fingerprint density at radius 1 is 1.08 bits per heavy atom. The van der Waals surface area contributed by atoms with Crippen molar-refractivity contribution in [2.75, 3.05) is 48.8 Å². The molecule has 3 heterocycles. The van der Waals surface area contributed by atoms with Crippen molar-refractivity contribution in [1.82, 2.24) is 19.9 Å². The summed E-state index contributed by atoms with van der Waals surface area (Å²) in [6.07, 6.45) is 3.33. The number of piperazine rings is 1. The average molecular weight is 516 g/mol. The van der Waals surface area contributed by atoms with E-state index >= 15 is 0 Å². The van der Waals surface area contributed by atoms with Crippen LogP contribution in [0.25, 0.3) is 0 Å². The van der Waals surface area contributed by atoms with Gasteiger partial charge in [0.05, 0.1) is 7.11 Å². The van der Waals surface area contributed by atoms with Crippen molar-refractivity contribution in [2.24, 2.45) is 0 Å². The Bertz CT molecular complexity index is 1350. The first kappa shape index (κ1) is 26.6. The third-order valence-electron chi connectivity index (χ3n) is 6.38. The summed E-state index contributed by atoms with van der Waals surface area (Å²) in [5.74, 6) is 2.26. The number of benzene rings is 1. The molecule has 0 bridgehead atoms. The lowest BCUT2D eigenvalue weighted by Crippen LogP contribution is -2.48. The van der Waals surface area contributed by atoms with E-state index in [2.05, 4.69) is 32.1 Å². The van der Waals surface area contributed by atoms with Crippen LogP contribution >= 0.6 is 0 Å². The fourth-order valence-electron chi connectivity index (χ4n) is 4.22. The molecule has 0 spiro atoms. The predicted octanol–water partition coefficient (Wildman–Crippen LogP) is 3.95. The molecule has 1 fully saturated rings. The summed E-state index contributed by atoms with van der Waals surface area (Å²) in [6, 6.07) is 9.62. The number of nitrogens with one attached hydrogen (secondary N) is 2. The van der Waals surface area contributed by atoms with Gasteiger partial charge < -0.3 is 25.2 Å². The summed E-state index contributed by atoms with van der Waals surface area (Å²) in [7, 11) is 1.57. The molecule has 1 amide bonds. The normalized spacial score (nSPS) is 13.2. The number of ether oxygens (including phenoxy) is 1. The van der Waals surface area contributed by atoms with Gasteiger partial charge >= 0.3 is 0 Å². The van der Waals surface area contributed by atoms with E-state index in [9.17, 15) is 9.59 Å². The molecule has 1 saturated heterocycles. The second kappa shape index (κ2) is 11.7. The minimum absolute atomic E-state index is 0.0504. The Morgan fingerprint density at radius 3 is 2.53 bits per heavy atom. The van der Waals surface area contributed by atoms with Gasteiger partial charge in [-0.3, -0.25) is 9.59 Å². The SMILES string of the molecule is C=CC(=O)Cc1cc(C)ccc1Nc1nc(Nc2cc(OC)nc(N3CCN(C(C)=O)CC3)c2)ncc1C. The Kier molecular flexibility index (Phi) is 8.20. The van der Waals surface area contributed by atoms with E-state index in [0.29, 0.717) is 43.8 Å². The summed E-state index contributed by atoms with van der Waals surface area (Å²) in [5, 5.41) is 6.63. The molecular formula is C28H33N7O3. The molecule has 2 N–H and O–H groups in total. The number of anilines is 5. The second-order valence-electron chi connectivity index (χ2n) is 9.23. The molecule has 10 heteroatoms. The standard InChI is InChI=1S/C28H33N7O3/c1-6-23(37)14-21-13-18(2)7-8-24(21)31-27-19(3)17-29-28(33-27)30-22-15-25(32-26(16-22)38-5)35-11-9-34(10-12-35)20(4)36/h6-8,13,15-17H,1,9-12,14H2,2-5H3,(H2,29,30,31,32,33). The number of ketones is 1. The maximum Gasteiger partial charge on any atom is 0.229 e. The number of pyridine rings is 1. The number of rotatable bonds is 9. The zero-order valence-electron chi connectivity index (χ0n) is 22.2. The zero-order valence-corrected chi connectivity index (χ0v) is 22.2. The van der Waals surface area contributed by atoms with Gasteiger partial charge in [-0.05, 0) is 31.6 Å². The first-order chi connectivity index (χ1) is 18.2. The highest BCUT2D eigenvalue weighted by molar-refractivity contribution is 5.92. The highest BCUT2D eigenvalue weighted by Gasteiger charge is 2.21. The molecule has 198 valence electrons. The molecule has 0 radical (unpaired) electrons. The Morgan fingerprint density at radius 2 is 1.84 bits per heavy atom. The summed E-state index contributed by atoms with van der Waals surface area (Å²) in [4.78, 5) is 41.4. The van der Waals surface area contributed by atoms with E-state index in [1.807, 2.05) is 43.0 Å². The molecule has 0 aliphatic carbocycles. The molecule has 1 aromatic carbocycles. The van der Waals surface area contributed by atoms with Crippen LogP contribution in [0.4, 0.5) is 29.0 Å². The van der Waals surface area contributed by atoms with Crippen molar-refractivity contribution >= 4 is 40.6 Å². The van der Waals surface area contributed by atoms with Crippen molar-refractivity contribution in [2.45, 2.75) is 27.2 Å². The highest BCUT2D eigenvalue weighted by Crippen LogP contribution is 2.28. The largest absolute Gasteiger partial charge is 0.481 e. The molecule has 3 aromatic rings. The van der Waals surface area contributed by atoms with Gasteiger partial charge in [0.2, 0.25) is 17.7 Å². The van der Waals surface area contributed by atoms with Crippen LogP contribution in [0.1, 0.15) is 23.6 Å². The monoisotopic (exact) mass is 515 g/mol. The topological polar surface area (TPSA) is 113 Å². The number of amides is 1. The molecule has 2 aromatic heterocycles. The van der Waals surface area contributed by atoms with Crippen molar-refractivity contribution in [3.63, 3.8) is 0 Å². The lowest BCUT2D eigenvalue weighted by molar-refractivity contribution is -0.129. The van der Waals surface area contributed by atoms with Gasteiger partial charge in [0.15, 0.2) is 5.78 Å². The number of allylic oxidation sites excluding steroid dienone is 1. The molecule has 0 atom stereocenters. The van der Waals surface area contributed by atoms with Crippen LogP contribution in [0.15, 0.2) is 49.2 Å². The third kappa shape index (κ3) is 6.44. The molecule has 4 rings (SSSR count). The number of hydrogen-bond acceptors (Lipinski definition) is 9. The van der Waals surface area contributed by atoms with E-state index in [-0.39, 0.29) is 18.1 Å². The van der Waals surface area contributed by atoms with Crippen molar-refractivity contribution in [3.8, 4) is 5.88 Å². The average Bonchev–Trinajstić information content (AvgIpc) is 2.91. The minimum Gasteiger partial charge on any atom is -0.481 e. The van der Waals surface area contributed by atoms with Crippen LogP contribution in [-0.2, 0) is 16.0 Å². The molecule has 0 unspecified atom stereocenters. The molecule has 10 nitrogen and oxygen atoms in total. The smallest absolute Gasteiger partial charge is 0.229 e. The van der Waals surface area contributed by atoms with Crippen LogP contribution in [-0.4, -0.2) is 64.8 Å². The Labute approximate surface area is 222 Å². The lowest BCUT2D eigenvalue weighted by atomic mass is 10.0. The van der Waals surface area contributed by atoms with Crippen LogP contribution in [0.3, 0.4) is 0 Å². The summed E-state index contributed by atoms with van der Waals surface area (Å²) in [5.41, 5.74) is 4.32. The quantitative estimate of drug-likeness (QED) is 0.409. The van der Waals surface area contributed by atoms with Gasteiger partial charge in [-0.1, -0.05) is 24.3 Å². The fraction of sp³-hybridized carbons (Fsp3) is 0.321. The first-order valence-corrected chi connectivity index (χ1v) is 12.4. The van der Waals surface area contributed by atoms with Crippen LogP contribution in [0, 0.1) is 13.8 Å². The lowest BCUT2D eigenvalue weighted by Gasteiger charge is -2.35. The zero-order chi connectivity index (χ0) is 27.2. The number of carbonyl (C=O) groups is 2. The van der Waals surface area contributed by atoms with Crippen molar-refractivity contribution in [1.29, 1.82) is 0 Å². The third-order valence-corrected chi connectivity index (χ3v) is 6.38. The summed E-state index contributed by atoms with van der Waals surface area (Å²) in [6.45, 7) is 11.7. The number of nitrogens with zero attached hydrogens (tertiary/aromatic N) is 5. The number of aromatic nitrogens is 3. The molecule has 1 aliphatic heterocycles. The van der Waals surface area contributed by atoms with Gasteiger partial charge in [-0.15, -0.1) is 0 Å². The van der Waals surface area contributed by atoms with E-state index in [4.69, 9.17) is 9.72 Å².